The molecule has 1 aliphatic rings. The third kappa shape index (κ3) is 6.27. The summed E-state index contributed by atoms with van der Waals surface area (Å²) in [7, 11) is 0. The van der Waals surface area contributed by atoms with Crippen LogP contribution in [0, 0.1) is 23.7 Å². The first-order chi connectivity index (χ1) is 9.04. The Bertz CT molecular complexity index is 227. The van der Waals surface area contributed by atoms with Crippen LogP contribution in [-0.4, -0.2) is 25.8 Å². The summed E-state index contributed by atoms with van der Waals surface area (Å²) >= 11 is 0. The van der Waals surface area contributed by atoms with Crippen molar-refractivity contribution in [1.29, 1.82) is 0 Å². The molecule has 0 heterocycles. The lowest BCUT2D eigenvalue weighted by atomic mass is 9.71. The number of rotatable bonds is 8. The number of hydrogen-bond acceptors (Lipinski definition) is 2. The van der Waals surface area contributed by atoms with Gasteiger partial charge in [-0.3, -0.25) is 0 Å². The lowest BCUT2D eigenvalue weighted by Crippen LogP contribution is -2.37. The second-order valence-electron chi connectivity index (χ2n) is 6.92. The van der Waals surface area contributed by atoms with Gasteiger partial charge in [-0.1, -0.05) is 20.8 Å². The number of nitrogens with one attached hydrogen (secondary N) is 1. The van der Waals surface area contributed by atoms with Crippen LogP contribution >= 0.6 is 0 Å². The highest BCUT2D eigenvalue weighted by Crippen LogP contribution is 2.37. The van der Waals surface area contributed by atoms with Gasteiger partial charge in [-0.2, -0.15) is 0 Å². The van der Waals surface area contributed by atoms with Crippen LogP contribution in [0.4, 0.5) is 0 Å². The first-order valence-corrected chi connectivity index (χ1v) is 8.36. The predicted octanol–water partition coefficient (Wildman–Crippen LogP) is 4.10. The SMILES string of the molecule is CCCNCC1CCC(C(C)C)CC1COC(C)C. The standard InChI is InChI=1S/C17H35NO/c1-6-9-18-11-16-8-7-15(13(2)3)10-17(16)12-19-14(4)5/h13-18H,6-12H2,1-5H3. The second-order valence-corrected chi connectivity index (χ2v) is 6.92. The van der Waals surface area contributed by atoms with Crippen molar-refractivity contribution in [2.45, 2.75) is 66.4 Å². The van der Waals surface area contributed by atoms with Crippen molar-refractivity contribution in [3.05, 3.63) is 0 Å². The predicted molar refractivity (Wildman–Crippen MR) is 83.4 cm³/mol. The van der Waals surface area contributed by atoms with Gasteiger partial charge in [-0.15, -0.1) is 0 Å². The normalized spacial score (nSPS) is 28.3. The molecule has 1 N–H and O–H groups in total. The summed E-state index contributed by atoms with van der Waals surface area (Å²) < 4.78 is 5.92. The minimum absolute atomic E-state index is 0.365. The van der Waals surface area contributed by atoms with Gasteiger partial charge in [0.1, 0.15) is 0 Å². The van der Waals surface area contributed by atoms with E-state index in [1.54, 1.807) is 0 Å². The van der Waals surface area contributed by atoms with E-state index in [0.29, 0.717) is 6.10 Å². The summed E-state index contributed by atoms with van der Waals surface area (Å²) in [4.78, 5) is 0. The molecule has 2 heteroatoms. The van der Waals surface area contributed by atoms with Gasteiger partial charge in [0.2, 0.25) is 0 Å². The van der Waals surface area contributed by atoms with Crippen molar-refractivity contribution in [3.8, 4) is 0 Å². The summed E-state index contributed by atoms with van der Waals surface area (Å²) in [6, 6.07) is 0. The third-order valence-electron chi connectivity index (χ3n) is 4.60. The zero-order valence-corrected chi connectivity index (χ0v) is 13.7. The Balaban J connectivity index is 2.46. The Hall–Kier alpha value is -0.0800. The maximum atomic E-state index is 5.92. The van der Waals surface area contributed by atoms with Crippen molar-refractivity contribution >= 4 is 0 Å². The van der Waals surface area contributed by atoms with Gasteiger partial charge in [0.25, 0.3) is 0 Å². The summed E-state index contributed by atoms with van der Waals surface area (Å²) in [5.41, 5.74) is 0. The molecule has 0 aliphatic heterocycles. The fraction of sp³-hybridized carbons (Fsp3) is 1.00. The minimum Gasteiger partial charge on any atom is -0.378 e. The first-order valence-electron chi connectivity index (χ1n) is 8.36. The topological polar surface area (TPSA) is 21.3 Å². The number of hydrogen-bond donors (Lipinski definition) is 1. The fourth-order valence-corrected chi connectivity index (χ4v) is 3.22. The van der Waals surface area contributed by atoms with Gasteiger partial charge in [-0.25, -0.2) is 0 Å². The van der Waals surface area contributed by atoms with Gasteiger partial charge in [0.05, 0.1) is 12.7 Å². The van der Waals surface area contributed by atoms with Crippen LogP contribution in [0.15, 0.2) is 0 Å². The molecule has 0 amide bonds. The van der Waals surface area contributed by atoms with Crippen molar-refractivity contribution < 1.29 is 4.74 Å². The van der Waals surface area contributed by atoms with Gasteiger partial charge < -0.3 is 10.1 Å². The zero-order chi connectivity index (χ0) is 14.3. The molecule has 0 radical (unpaired) electrons. The van der Waals surface area contributed by atoms with E-state index in [2.05, 4.69) is 39.9 Å². The molecule has 3 atom stereocenters. The lowest BCUT2D eigenvalue weighted by molar-refractivity contribution is 0.00762. The molecule has 0 aromatic carbocycles. The van der Waals surface area contributed by atoms with Crippen molar-refractivity contribution in [3.63, 3.8) is 0 Å². The highest BCUT2D eigenvalue weighted by Gasteiger charge is 2.31. The Morgan fingerprint density at radius 1 is 1.11 bits per heavy atom. The molecule has 2 nitrogen and oxygen atoms in total. The Morgan fingerprint density at radius 3 is 2.42 bits per heavy atom. The smallest absolute Gasteiger partial charge is 0.0519 e. The highest BCUT2D eigenvalue weighted by atomic mass is 16.5. The van der Waals surface area contributed by atoms with E-state index >= 15 is 0 Å². The Labute approximate surface area is 120 Å². The van der Waals surface area contributed by atoms with E-state index < -0.39 is 0 Å². The van der Waals surface area contributed by atoms with Gasteiger partial charge in [-0.05, 0) is 76.3 Å². The zero-order valence-electron chi connectivity index (χ0n) is 13.7. The number of ether oxygens (including phenoxy) is 1. The first kappa shape index (κ1) is 17.0. The molecule has 1 fully saturated rings. The van der Waals surface area contributed by atoms with Gasteiger partial charge in [0, 0.05) is 0 Å². The van der Waals surface area contributed by atoms with E-state index in [-0.39, 0.29) is 0 Å². The monoisotopic (exact) mass is 269 g/mol. The fourth-order valence-electron chi connectivity index (χ4n) is 3.22. The molecule has 1 rings (SSSR count). The van der Waals surface area contributed by atoms with Crippen molar-refractivity contribution in [1.82, 2.24) is 5.32 Å². The van der Waals surface area contributed by atoms with Crippen LogP contribution in [0.5, 0.6) is 0 Å². The average molecular weight is 269 g/mol. The lowest BCUT2D eigenvalue weighted by Gasteiger charge is -2.38. The molecule has 0 aromatic heterocycles. The summed E-state index contributed by atoms with van der Waals surface area (Å²) in [5.74, 6) is 3.31. The van der Waals surface area contributed by atoms with Crippen LogP contribution < -0.4 is 5.32 Å². The molecule has 0 saturated heterocycles. The molecule has 1 saturated carbocycles. The summed E-state index contributed by atoms with van der Waals surface area (Å²) in [5, 5.41) is 3.61. The van der Waals surface area contributed by atoms with Crippen molar-refractivity contribution in [2.24, 2.45) is 23.7 Å². The second kappa shape index (κ2) is 8.97. The van der Waals surface area contributed by atoms with Crippen LogP contribution in [0.25, 0.3) is 0 Å². The molecule has 1 aliphatic carbocycles. The maximum Gasteiger partial charge on any atom is 0.0519 e. The Kier molecular flexibility index (Phi) is 8.01. The van der Waals surface area contributed by atoms with E-state index in [9.17, 15) is 0 Å². The molecule has 0 spiro atoms. The van der Waals surface area contributed by atoms with Crippen LogP contribution in [0.3, 0.4) is 0 Å². The van der Waals surface area contributed by atoms with E-state index in [4.69, 9.17) is 4.74 Å². The van der Waals surface area contributed by atoms with Crippen LogP contribution in [0.1, 0.15) is 60.3 Å². The summed E-state index contributed by atoms with van der Waals surface area (Å²) in [6.07, 6.45) is 5.75. The minimum atomic E-state index is 0.365. The van der Waals surface area contributed by atoms with Gasteiger partial charge >= 0.3 is 0 Å². The molecule has 3 unspecified atom stereocenters. The molecule has 114 valence electrons. The summed E-state index contributed by atoms with van der Waals surface area (Å²) in [6.45, 7) is 14.6. The highest BCUT2D eigenvalue weighted by molar-refractivity contribution is 4.82. The Morgan fingerprint density at radius 2 is 1.84 bits per heavy atom. The van der Waals surface area contributed by atoms with Gasteiger partial charge in [0.15, 0.2) is 0 Å². The molecule has 19 heavy (non-hydrogen) atoms. The van der Waals surface area contributed by atoms with Crippen LogP contribution in [-0.2, 0) is 4.74 Å². The van der Waals surface area contributed by atoms with Crippen LogP contribution in [0.2, 0.25) is 0 Å². The average Bonchev–Trinajstić information content (AvgIpc) is 2.37. The van der Waals surface area contributed by atoms with E-state index in [1.165, 1.54) is 32.2 Å². The molecule has 0 aromatic rings. The third-order valence-corrected chi connectivity index (χ3v) is 4.60. The van der Waals surface area contributed by atoms with Crippen molar-refractivity contribution in [2.75, 3.05) is 19.7 Å². The molecular weight excluding hydrogens is 234 g/mol. The van der Waals surface area contributed by atoms with E-state index in [1.807, 2.05) is 0 Å². The molecule has 0 bridgehead atoms. The quantitative estimate of drug-likeness (QED) is 0.670. The molecular formula is C17H35NO. The maximum absolute atomic E-state index is 5.92. The van der Waals surface area contributed by atoms with E-state index in [0.717, 1.165) is 36.8 Å². The largest absolute Gasteiger partial charge is 0.378 e.